The van der Waals surface area contributed by atoms with Gasteiger partial charge in [-0.05, 0) is 42.7 Å². The van der Waals surface area contributed by atoms with Crippen molar-refractivity contribution in [2.75, 3.05) is 19.7 Å². The molecule has 1 aliphatic carbocycles. The lowest BCUT2D eigenvalue weighted by molar-refractivity contribution is 0.0631. The molecule has 1 saturated heterocycles. The molecule has 1 aromatic rings. The van der Waals surface area contributed by atoms with E-state index in [-0.39, 0.29) is 18.3 Å². The van der Waals surface area contributed by atoms with Crippen LogP contribution in [0.5, 0.6) is 0 Å². The second-order valence-electron chi connectivity index (χ2n) is 6.54. The molecular weight excluding hydrogens is 278 g/mol. The van der Waals surface area contributed by atoms with Crippen LogP contribution in [0.1, 0.15) is 52.5 Å². The predicted octanol–water partition coefficient (Wildman–Crippen LogP) is 2.30. The fourth-order valence-corrected chi connectivity index (χ4v) is 3.68. The lowest BCUT2D eigenvalue weighted by atomic mass is 9.85. The third-order valence-electron chi connectivity index (χ3n) is 5.23. The zero-order chi connectivity index (χ0) is 15.7. The maximum atomic E-state index is 12.8. The molecule has 0 spiro atoms. The normalized spacial score (nSPS) is 20.1. The number of likely N-dealkylation sites (tertiary alicyclic amines) is 1. The summed E-state index contributed by atoms with van der Waals surface area (Å²) in [7, 11) is 0. The fourth-order valence-electron chi connectivity index (χ4n) is 3.68. The molecule has 118 valence electrons. The van der Waals surface area contributed by atoms with E-state index < -0.39 is 0 Å². The van der Waals surface area contributed by atoms with Gasteiger partial charge in [-0.25, -0.2) is 0 Å². The Morgan fingerprint density at radius 2 is 2.05 bits per heavy atom. The number of hydrogen-bond acceptors (Lipinski definition) is 3. The standard InChI is InChI=1S/C18H23NO3/c1-12(11-20)13-7-9-19(10-8-13)18(22)16-4-2-3-15-14(16)5-6-17(15)21/h2-4,12-13,20H,5-11H2,1H3. The van der Waals surface area contributed by atoms with Gasteiger partial charge < -0.3 is 10.0 Å². The van der Waals surface area contributed by atoms with Crippen molar-refractivity contribution in [2.45, 2.75) is 32.6 Å². The van der Waals surface area contributed by atoms with Gasteiger partial charge in [0.2, 0.25) is 0 Å². The van der Waals surface area contributed by atoms with Crippen molar-refractivity contribution in [1.82, 2.24) is 4.90 Å². The highest BCUT2D eigenvalue weighted by Crippen LogP contribution is 2.29. The van der Waals surface area contributed by atoms with Crippen molar-refractivity contribution in [3.8, 4) is 0 Å². The summed E-state index contributed by atoms with van der Waals surface area (Å²) >= 11 is 0. The molecule has 1 atom stereocenters. The Labute approximate surface area is 131 Å². The first kappa shape index (κ1) is 15.2. The van der Waals surface area contributed by atoms with E-state index in [4.69, 9.17) is 0 Å². The van der Waals surface area contributed by atoms with Crippen LogP contribution < -0.4 is 0 Å². The number of carbonyl (C=O) groups is 2. The molecule has 4 nitrogen and oxygen atoms in total. The van der Waals surface area contributed by atoms with Gasteiger partial charge in [0.05, 0.1) is 0 Å². The molecule has 1 amide bonds. The zero-order valence-corrected chi connectivity index (χ0v) is 13.0. The van der Waals surface area contributed by atoms with Crippen molar-refractivity contribution in [2.24, 2.45) is 11.8 Å². The first-order valence-electron chi connectivity index (χ1n) is 8.17. The molecule has 4 heteroatoms. The molecular formula is C18H23NO3. The number of hydrogen-bond donors (Lipinski definition) is 1. The van der Waals surface area contributed by atoms with E-state index in [1.54, 1.807) is 0 Å². The Morgan fingerprint density at radius 3 is 2.73 bits per heavy atom. The molecule has 1 heterocycles. The van der Waals surface area contributed by atoms with Gasteiger partial charge in [0.15, 0.2) is 5.78 Å². The number of ketones is 1. The maximum Gasteiger partial charge on any atom is 0.254 e. The Hall–Kier alpha value is -1.68. The van der Waals surface area contributed by atoms with Crippen molar-refractivity contribution in [1.29, 1.82) is 0 Å². The summed E-state index contributed by atoms with van der Waals surface area (Å²) in [6.45, 7) is 3.77. The van der Waals surface area contributed by atoms with Crippen LogP contribution in [0, 0.1) is 11.8 Å². The third-order valence-corrected chi connectivity index (χ3v) is 5.23. The van der Waals surface area contributed by atoms with E-state index in [1.165, 1.54) is 0 Å². The summed E-state index contributed by atoms with van der Waals surface area (Å²) in [5.74, 6) is 1.01. The SMILES string of the molecule is CC(CO)C1CCN(C(=O)c2cccc3c2CCC3=O)CC1. The number of fused-ring (bicyclic) bond motifs is 1. The highest BCUT2D eigenvalue weighted by atomic mass is 16.3. The first-order valence-corrected chi connectivity index (χ1v) is 8.17. The van der Waals surface area contributed by atoms with Gasteiger partial charge in [0.1, 0.15) is 0 Å². The molecule has 1 unspecified atom stereocenters. The van der Waals surface area contributed by atoms with E-state index in [1.807, 2.05) is 23.1 Å². The summed E-state index contributed by atoms with van der Waals surface area (Å²) in [4.78, 5) is 26.5. The predicted molar refractivity (Wildman–Crippen MR) is 84.0 cm³/mol. The average molecular weight is 301 g/mol. The second kappa shape index (κ2) is 6.21. The molecule has 0 radical (unpaired) electrons. The van der Waals surface area contributed by atoms with Crippen LogP contribution in [-0.4, -0.2) is 41.4 Å². The molecule has 1 aliphatic heterocycles. The van der Waals surface area contributed by atoms with Gasteiger partial charge in [0, 0.05) is 37.2 Å². The summed E-state index contributed by atoms with van der Waals surface area (Å²) in [5, 5.41) is 9.26. The number of rotatable bonds is 3. The molecule has 0 bridgehead atoms. The third kappa shape index (κ3) is 2.68. The average Bonchev–Trinajstić information content (AvgIpc) is 2.95. The molecule has 22 heavy (non-hydrogen) atoms. The topological polar surface area (TPSA) is 57.6 Å². The largest absolute Gasteiger partial charge is 0.396 e. The summed E-state index contributed by atoms with van der Waals surface area (Å²) in [6.07, 6.45) is 3.10. The Bertz CT molecular complexity index is 588. The molecule has 0 aromatic heterocycles. The van der Waals surface area contributed by atoms with Gasteiger partial charge in [-0.1, -0.05) is 19.1 Å². The van der Waals surface area contributed by atoms with Gasteiger partial charge >= 0.3 is 0 Å². The van der Waals surface area contributed by atoms with Crippen molar-refractivity contribution < 1.29 is 14.7 Å². The second-order valence-corrected chi connectivity index (χ2v) is 6.54. The van der Waals surface area contributed by atoms with Crippen molar-refractivity contribution in [3.05, 3.63) is 34.9 Å². The van der Waals surface area contributed by atoms with Gasteiger partial charge in [0.25, 0.3) is 5.91 Å². The molecule has 0 saturated carbocycles. The number of aliphatic hydroxyl groups excluding tert-OH is 1. The van der Waals surface area contributed by atoms with Crippen LogP contribution >= 0.6 is 0 Å². The van der Waals surface area contributed by atoms with E-state index >= 15 is 0 Å². The quantitative estimate of drug-likeness (QED) is 0.932. The number of amides is 1. The van der Waals surface area contributed by atoms with Crippen LogP contribution in [-0.2, 0) is 6.42 Å². The van der Waals surface area contributed by atoms with E-state index in [0.717, 1.165) is 37.1 Å². The van der Waals surface area contributed by atoms with Gasteiger partial charge in [-0.2, -0.15) is 0 Å². The summed E-state index contributed by atoms with van der Waals surface area (Å²) < 4.78 is 0. The maximum absolute atomic E-state index is 12.8. The van der Waals surface area contributed by atoms with Crippen molar-refractivity contribution in [3.63, 3.8) is 0 Å². The fraction of sp³-hybridized carbons (Fsp3) is 0.556. The number of Topliss-reactive ketones (excluding diaryl/α,β-unsaturated/α-hetero) is 1. The zero-order valence-electron chi connectivity index (χ0n) is 13.0. The van der Waals surface area contributed by atoms with E-state index in [2.05, 4.69) is 6.92 Å². The number of benzene rings is 1. The van der Waals surface area contributed by atoms with Gasteiger partial charge in [-0.15, -0.1) is 0 Å². The number of aliphatic hydroxyl groups is 1. The molecule has 2 aliphatic rings. The molecule has 1 aromatic carbocycles. The highest BCUT2D eigenvalue weighted by molar-refractivity contribution is 6.05. The van der Waals surface area contributed by atoms with E-state index in [0.29, 0.717) is 30.2 Å². The highest BCUT2D eigenvalue weighted by Gasteiger charge is 2.30. The first-order chi connectivity index (χ1) is 10.6. The Kier molecular flexibility index (Phi) is 4.30. The molecule has 3 rings (SSSR count). The van der Waals surface area contributed by atoms with Crippen LogP contribution in [0.3, 0.4) is 0 Å². The number of nitrogens with zero attached hydrogens (tertiary/aromatic N) is 1. The lowest BCUT2D eigenvalue weighted by Gasteiger charge is -2.34. The molecule has 1 fully saturated rings. The lowest BCUT2D eigenvalue weighted by Crippen LogP contribution is -2.40. The van der Waals surface area contributed by atoms with Gasteiger partial charge in [-0.3, -0.25) is 9.59 Å². The minimum atomic E-state index is 0.0571. The summed E-state index contributed by atoms with van der Waals surface area (Å²) in [5.41, 5.74) is 2.37. The monoisotopic (exact) mass is 301 g/mol. The number of piperidine rings is 1. The Balaban J connectivity index is 1.73. The minimum absolute atomic E-state index is 0.0571. The van der Waals surface area contributed by atoms with Crippen LogP contribution in [0.15, 0.2) is 18.2 Å². The Morgan fingerprint density at radius 1 is 1.32 bits per heavy atom. The molecule has 1 N–H and O–H groups in total. The summed E-state index contributed by atoms with van der Waals surface area (Å²) in [6, 6.07) is 5.49. The van der Waals surface area contributed by atoms with Crippen LogP contribution in [0.25, 0.3) is 0 Å². The smallest absolute Gasteiger partial charge is 0.254 e. The van der Waals surface area contributed by atoms with Crippen LogP contribution in [0.4, 0.5) is 0 Å². The minimum Gasteiger partial charge on any atom is -0.396 e. The van der Waals surface area contributed by atoms with E-state index in [9.17, 15) is 14.7 Å². The van der Waals surface area contributed by atoms with Crippen LogP contribution in [0.2, 0.25) is 0 Å². The van der Waals surface area contributed by atoms with Crippen molar-refractivity contribution >= 4 is 11.7 Å². The number of carbonyl (C=O) groups excluding carboxylic acids is 2.